The molecular formula is C10H13N2+. The van der Waals surface area contributed by atoms with Gasteiger partial charge in [-0.25, -0.2) is 9.13 Å². The largest absolute Gasteiger partial charge is 0.244 e. The van der Waals surface area contributed by atoms with Crippen molar-refractivity contribution in [2.75, 3.05) is 0 Å². The third-order valence-electron chi connectivity index (χ3n) is 2.15. The molecule has 0 bridgehead atoms. The highest BCUT2D eigenvalue weighted by Gasteiger charge is 2.11. The molecule has 1 aromatic rings. The van der Waals surface area contributed by atoms with Gasteiger partial charge in [0.2, 0.25) is 6.33 Å². The van der Waals surface area contributed by atoms with E-state index in [9.17, 15) is 0 Å². The lowest BCUT2D eigenvalue weighted by Crippen LogP contribution is -2.29. The van der Waals surface area contributed by atoms with Gasteiger partial charge in [-0.05, 0) is 19.1 Å². The Bertz CT molecular complexity index is 308. The van der Waals surface area contributed by atoms with Gasteiger partial charge in [0.15, 0.2) is 0 Å². The fourth-order valence-corrected chi connectivity index (χ4v) is 1.39. The molecule has 0 atom stereocenters. The van der Waals surface area contributed by atoms with Gasteiger partial charge < -0.3 is 0 Å². The quantitative estimate of drug-likeness (QED) is 0.581. The zero-order valence-electron chi connectivity index (χ0n) is 7.22. The summed E-state index contributed by atoms with van der Waals surface area (Å²) in [5, 5.41) is 0. The minimum Gasteiger partial charge on any atom is -0.237 e. The topological polar surface area (TPSA) is 8.81 Å². The van der Waals surface area contributed by atoms with E-state index in [4.69, 9.17) is 0 Å². The lowest BCUT2D eigenvalue weighted by molar-refractivity contribution is -0.693. The Labute approximate surface area is 72.4 Å². The molecule has 0 unspecified atom stereocenters. The van der Waals surface area contributed by atoms with Gasteiger partial charge in [0.1, 0.15) is 18.4 Å². The Morgan fingerprint density at radius 2 is 2.08 bits per heavy atom. The molecule has 0 N–H and O–H groups in total. The molecule has 0 aromatic carbocycles. The maximum absolute atomic E-state index is 2.20. The van der Waals surface area contributed by atoms with E-state index in [-0.39, 0.29) is 0 Å². The molecular weight excluding hydrogens is 148 g/mol. The predicted molar refractivity (Wildman–Crippen MR) is 47.6 cm³/mol. The zero-order chi connectivity index (χ0) is 8.39. The molecule has 12 heavy (non-hydrogen) atoms. The predicted octanol–water partition coefficient (Wildman–Crippen LogP) is 1.46. The minimum absolute atomic E-state index is 0.429. The van der Waals surface area contributed by atoms with E-state index in [2.05, 4.69) is 59.1 Å². The van der Waals surface area contributed by atoms with Crippen LogP contribution in [-0.2, 0) is 6.54 Å². The van der Waals surface area contributed by atoms with Gasteiger partial charge in [0.05, 0.1) is 6.54 Å². The summed E-state index contributed by atoms with van der Waals surface area (Å²) in [7, 11) is 0. The second kappa shape index (κ2) is 2.97. The Balaban J connectivity index is 2.22. The molecule has 2 heteroatoms. The van der Waals surface area contributed by atoms with E-state index in [1.807, 2.05) is 0 Å². The van der Waals surface area contributed by atoms with Crippen LogP contribution in [0.25, 0.3) is 0 Å². The maximum Gasteiger partial charge on any atom is 0.244 e. The van der Waals surface area contributed by atoms with E-state index in [0.717, 1.165) is 6.54 Å². The molecule has 1 aliphatic rings. The molecule has 62 valence electrons. The van der Waals surface area contributed by atoms with Crippen molar-refractivity contribution in [3.05, 3.63) is 43.0 Å². The average molecular weight is 161 g/mol. The standard InChI is InChI=1S/C10H13N2/c1-2-11-7-8-12(9-11)10-5-3-4-6-10/h3-10H,2H2,1H3/q+1. The number of allylic oxidation sites excluding steroid dienone is 4. The molecule has 0 fully saturated rings. The molecule has 0 saturated heterocycles. The SMILES string of the molecule is CC[n+]1ccn(C2C=CC=C2)c1. The average Bonchev–Trinajstić information content (AvgIpc) is 2.75. The summed E-state index contributed by atoms with van der Waals surface area (Å²) in [5.74, 6) is 0. The van der Waals surface area contributed by atoms with Crippen LogP contribution in [0.4, 0.5) is 0 Å². The fourth-order valence-electron chi connectivity index (χ4n) is 1.39. The second-order valence-electron chi connectivity index (χ2n) is 2.95. The second-order valence-corrected chi connectivity index (χ2v) is 2.95. The highest BCUT2D eigenvalue weighted by Crippen LogP contribution is 2.13. The van der Waals surface area contributed by atoms with E-state index in [1.165, 1.54) is 0 Å². The number of rotatable bonds is 2. The third-order valence-corrected chi connectivity index (χ3v) is 2.15. The van der Waals surface area contributed by atoms with Crippen molar-refractivity contribution >= 4 is 0 Å². The van der Waals surface area contributed by atoms with Crippen molar-refractivity contribution in [2.45, 2.75) is 19.5 Å². The number of imidazole rings is 1. The first kappa shape index (κ1) is 7.35. The van der Waals surface area contributed by atoms with Crippen LogP contribution in [0.3, 0.4) is 0 Å². The van der Waals surface area contributed by atoms with Gasteiger partial charge in [-0.15, -0.1) is 0 Å². The molecule has 1 heterocycles. The highest BCUT2D eigenvalue weighted by atomic mass is 15.1. The van der Waals surface area contributed by atoms with Crippen LogP contribution in [0.15, 0.2) is 43.0 Å². The summed E-state index contributed by atoms with van der Waals surface area (Å²) < 4.78 is 4.36. The van der Waals surface area contributed by atoms with Crippen molar-refractivity contribution < 1.29 is 4.57 Å². The first-order chi connectivity index (χ1) is 5.90. The van der Waals surface area contributed by atoms with Gasteiger partial charge in [0, 0.05) is 0 Å². The van der Waals surface area contributed by atoms with Crippen molar-refractivity contribution in [2.24, 2.45) is 0 Å². The first-order valence-corrected chi connectivity index (χ1v) is 4.31. The Morgan fingerprint density at radius 1 is 1.33 bits per heavy atom. The van der Waals surface area contributed by atoms with Crippen LogP contribution in [0.2, 0.25) is 0 Å². The van der Waals surface area contributed by atoms with Gasteiger partial charge in [-0.2, -0.15) is 0 Å². The van der Waals surface area contributed by atoms with Crippen molar-refractivity contribution in [3.63, 3.8) is 0 Å². The molecule has 0 aliphatic heterocycles. The molecule has 2 rings (SSSR count). The normalized spacial score (nSPS) is 16.1. The van der Waals surface area contributed by atoms with E-state index >= 15 is 0 Å². The van der Waals surface area contributed by atoms with Crippen LogP contribution < -0.4 is 4.57 Å². The third kappa shape index (κ3) is 1.20. The molecule has 0 radical (unpaired) electrons. The zero-order valence-corrected chi connectivity index (χ0v) is 7.22. The summed E-state index contributed by atoms with van der Waals surface area (Å²) in [6, 6.07) is 0.429. The van der Waals surface area contributed by atoms with Gasteiger partial charge >= 0.3 is 0 Å². The summed E-state index contributed by atoms with van der Waals surface area (Å²) in [4.78, 5) is 0. The van der Waals surface area contributed by atoms with Crippen LogP contribution in [0.1, 0.15) is 13.0 Å². The van der Waals surface area contributed by atoms with Crippen LogP contribution in [-0.4, -0.2) is 4.57 Å². The van der Waals surface area contributed by atoms with Gasteiger partial charge in [-0.3, -0.25) is 0 Å². The Kier molecular flexibility index (Phi) is 1.82. The summed E-state index contributed by atoms with van der Waals surface area (Å²) in [6.45, 7) is 3.18. The maximum atomic E-state index is 2.20. The monoisotopic (exact) mass is 161 g/mol. The smallest absolute Gasteiger partial charge is 0.237 e. The van der Waals surface area contributed by atoms with Crippen LogP contribution in [0, 0.1) is 0 Å². The lowest BCUT2D eigenvalue weighted by Gasteiger charge is -1.97. The van der Waals surface area contributed by atoms with Crippen molar-refractivity contribution in [1.29, 1.82) is 0 Å². The van der Waals surface area contributed by atoms with Crippen LogP contribution in [0.5, 0.6) is 0 Å². The van der Waals surface area contributed by atoms with Crippen LogP contribution >= 0.6 is 0 Å². The van der Waals surface area contributed by atoms with E-state index in [0.29, 0.717) is 6.04 Å². The number of aryl methyl sites for hydroxylation is 1. The van der Waals surface area contributed by atoms with Gasteiger partial charge in [-0.1, -0.05) is 12.2 Å². The fraction of sp³-hybridized carbons (Fsp3) is 0.300. The molecule has 1 aliphatic carbocycles. The number of hydrogen-bond donors (Lipinski definition) is 0. The molecule has 0 spiro atoms. The lowest BCUT2D eigenvalue weighted by atomic mass is 10.3. The Morgan fingerprint density at radius 3 is 2.67 bits per heavy atom. The van der Waals surface area contributed by atoms with Crippen molar-refractivity contribution in [3.8, 4) is 0 Å². The van der Waals surface area contributed by atoms with E-state index in [1.54, 1.807) is 0 Å². The summed E-state index contributed by atoms with van der Waals surface area (Å²) >= 11 is 0. The minimum atomic E-state index is 0.429. The summed E-state index contributed by atoms with van der Waals surface area (Å²) in [6.07, 6.45) is 14.9. The van der Waals surface area contributed by atoms with Crippen molar-refractivity contribution in [1.82, 2.24) is 4.57 Å². The highest BCUT2D eigenvalue weighted by molar-refractivity contribution is 5.19. The number of hydrogen-bond acceptors (Lipinski definition) is 0. The number of nitrogens with zero attached hydrogens (tertiary/aromatic N) is 2. The molecule has 1 aromatic heterocycles. The molecule has 0 amide bonds. The first-order valence-electron chi connectivity index (χ1n) is 4.31. The van der Waals surface area contributed by atoms with Gasteiger partial charge in [0.25, 0.3) is 0 Å². The molecule has 0 saturated carbocycles. The number of aromatic nitrogens is 2. The van der Waals surface area contributed by atoms with E-state index < -0.39 is 0 Å². The molecule has 2 nitrogen and oxygen atoms in total. The Hall–Kier alpha value is -1.31. The summed E-state index contributed by atoms with van der Waals surface area (Å²) in [5.41, 5.74) is 0.